The van der Waals surface area contributed by atoms with Crippen LogP contribution >= 0.6 is 11.6 Å². The molecule has 3 heteroatoms. The molecule has 2 nitrogen and oxygen atoms in total. The van der Waals surface area contributed by atoms with E-state index in [2.05, 4.69) is 48.2 Å². The van der Waals surface area contributed by atoms with Gasteiger partial charge in [-0.15, -0.1) is 0 Å². The standard InChI is InChI=1S/C17H19ClN2/c1-12-10-14-4-2-3-5-16(14)20(12)17-7-6-13(8-9-19)11-15(17)18/h2-7,11-12H,8-10,19H2,1H3. The van der Waals surface area contributed by atoms with Crippen molar-refractivity contribution in [2.24, 2.45) is 5.73 Å². The van der Waals surface area contributed by atoms with E-state index in [1.807, 2.05) is 6.07 Å². The Balaban J connectivity index is 2.01. The maximum atomic E-state index is 6.49. The van der Waals surface area contributed by atoms with E-state index in [4.69, 9.17) is 17.3 Å². The molecule has 0 radical (unpaired) electrons. The van der Waals surface area contributed by atoms with E-state index in [1.165, 1.54) is 16.8 Å². The normalized spacial score (nSPS) is 17.4. The summed E-state index contributed by atoms with van der Waals surface area (Å²) in [4.78, 5) is 2.34. The predicted molar refractivity (Wildman–Crippen MR) is 86.0 cm³/mol. The number of rotatable bonds is 3. The molecule has 0 aromatic heterocycles. The Bertz CT molecular complexity index is 624. The lowest BCUT2D eigenvalue weighted by Gasteiger charge is -2.26. The summed E-state index contributed by atoms with van der Waals surface area (Å²) in [6.07, 6.45) is 1.93. The zero-order valence-corrected chi connectivity index (χ0v) is 12.4. The third-order valence-corrected chi connectivity index (χ3v) is 4.21. The third-order valence-electron chi connectivity index (χ3n) is 3.91. The number of hydrogen-bond donors (Lipinski definition) is 1. The highest BCUT2D eigenvalue weighted by Gasteiger charge is 2.27. The molecule has 0 aliphatic carbocycles. The molecule has 0 fully saturated rings. The summed E-state index contributed by atoms with van der Waals surface area (Å²) in [7, 11) is 0. The molecule has 1 heterocycles. The summed E-state index contributed by atoms with van der Waals surface area (Å²) in [6, 6.07) is 15.3. The molecule has 0 saturated carbocycles. The molecule has 3 rings (SSSR count). The molecule has 1 atom stereocenters. The SMILES string of the molecule is CC1Cc2ccccc2N1c1ccc(CCN)cc1Cl. The van der Waals surface area contributed by atoms with E-state index in [9.17, 15) is 0 Å². The minimum atomic E-state index is 0.435. The minimum Gasteiger partial charge on any atom is -0.337 e. The Labute approximate surface area is 125 Å². The highest BCUT2D eigenvalue weighted by atomic mass is 35.5. The maximum Gasteiger partial charge on any atom is 0.0645 e. The van der Waals surface area contributed by atoms with E-state index in [0.717, 1.165) is 23.6 Å². The highest BCUT2D eigenvalue weighted by Crippen LogP contribution is 2.41. The molecule has 104 valence electrons. The molecule has 1 unspecified atom stereocenters. The van der Waals surface area contributed by atoms with Crippen LogP contribution in [0.15, 0.2) is 42.5 Å². The van der Waals surface area contributed by atoms with Crippen molar-refractivity contribution >= 4 is 23.0 Å². The number of benzene rings is 2. The second-order valence-corrected chi connectivity index (χ2v) is 5.78. The van der Waals surface area contributed by atoms with Crippen LogP contribution in [0.5, 0.6) is 0 Å². The first-order valence-corrected chi connectivity index (χ1v) is 7.44. The number of nitrogens with two attached hydrogens (primary N) is 1. The number of nitrogens with zero attached hydrogens (tertiary/aromatic N) is 1. The van der Waals surface area contributed by atoms with Gasteiger partial charge in [-0.2, -0.15) is 0 Å². The van der Waals surface area contributed by atoms with Gasteiger partial charge in [0.1, 0.15) is 0 Å². The summed E-state index contributed by atoms with van der Waals surface area (Å²) in [5.41, 5.74) is 10.5. The zero-order valence-electron chi connectivity index (χ0n) is 11.6. The molecular formula is C17H19ClN2. The Morgan fingerprint density at radius 3 is 2.75 bits per heavy atom. The fourth-order valence-corrected chi connectivity index (χ4v) is 3.29. The summed E-state index contributed by atoms with van der Waals surface area (Å²) in [5, 5.41) is 0.805. The van der Waals surface area contributed by atoms with Crippen molar-refractivity contribution in [3.05, 3.63) is 58.6 Å². The van der Waals surface area contributed by atoms with Crippen LogP contribution in [0, 0.1) is 0 Å². The molecule has 1 aliphatic heterocycles. The van der Waals surface area contributed by atoms with E-state index in [-0.39, 0.29) is 0 Å². The Hall–Kier alpha value is -1.51. The van der Waals surface area contributed by atoms with Gasteiger partial charge in [0.05, 0.1) is 10.7 Å². The molecule has 0 bridgehead atoms. The van der Waals surface area contributed by atoms with Crippen LogP contribution in [0.4, 0.5) is 11.4 Å². The van der Waals surface area contributed by atoms with Crippen LogP contribution in [0.1, 0.15) is 18.1 Å². The van der Waals surface area contributed by atoms with Crippen molar-refractivity contribution < 1.29 is 0 Å². The number of fused-ring (bicyclic) bond motifs is 1. The highest BCUT2D eigenvalue weighted by molar-refractivity contribution is 6.33. The van der Waals surface area contributed by atoms with Crippen LogP contribution < -0.4 is 10.6 Å². The summed E-state index contributed by atoms with van der Waals surface area (Å²) < 4.78 is 0. The molecule has 1 aliphatic rings. The van der Waals surface area contributed by atoms with Crippen LogP contribution in [0.25, 0.3) is 0 Å². The molecule has 0 amide bonds. The smallest absolute Gasteiger partial charge is 0.0645 e. The van der Waals surface area contributed by atoms with Crippen molar-refractivity contribution in [1.29, 1.82) is 0 Å². The van der Waals surface area contributed by atoms with Crippen molar-refractivity contribution in [1.82, 2.24) is 0 Å². The second-order valence-electron chi connectivity index (χ2n) is 5.38. The van der Waals surface area contributed by atoms with Gasteiger partial charge in [-0.05, 0) is 55.6 Å². The van der Waals surface area contributed by atoms with Gasteiger partial charge in [-0.1, -0.05) is 35.9 Å². The topological polar surface area (TPSA) is 29.3 Å². The van der Waals surface area contributed by atoms with Crippen molar-refractivity contribution in [2.45, 2.75) is 25.8 Å². The number of halogens is 1. The lowest BCUT2D eigenvalue weighted by Crippen LogP contribution is -2.24. The Kier molecular flexibility index (Phi) is 3.68. The molecule has 20 heavy (non-hydrogen) atoms. The van der Waals surface area contributed by atoms with Gasteiger partial charge in [0.2, 0.25) is 0 Å². The summed E-state index contributed by atoms with van der Waals surface area (Å²) in [6.45, 7) is 2.89. The predicted octanol–water partition coefficient (Wildman–Crippen LogP) is 3.92. The fourth-order valence-electron chi connectivity index (χ4n) is 3.00. The number of hydrogen-bond acceptors (Lipinski definition) is 2. The van der Waals surface area contributed by atoms with E-state index >= 15 is 0 Å². The lowest BCUT2D eigenvalue weighted by molar-refractivity contribution is 0.759. The van der Waals surface area contributed by atoms with Gasteiger partial charge < -0.3 is 10.6 Å². The molecule has 0 spiro atoms. The van der Waals surface area contributed by atoms with Gasteiger partial charge in [0, 0.05) is 11.7 Å². The quantitative estimate of drug-likeness (QED) is 0.926. The van der Waals surface area contributed by atoms with E-state index < -0.39 is 0 Å². The lowest BCUT2D eigenvalue weighted by atomic mass is 10.1. The fraction of sp³-hybridized carbons (Fsp3) is 0.294. The van der Waals surface area contributed by atoms with Crippen molar-refractivity contribution in [3.63, 3.8) is 0 Å². The Morgan fingerprint density at radius 1 is 1.20 bits per heavy atom. The monoisotopic (exact) mass is 286 g/mol. The van der Waals surface area contributed by atoms with Crippen molar-refractivity contribution in [3.8, 4) is 0 Å². The number of anilines is 2. The summed E-state index contributed by atoms with van der Waals surface area (Å²) in [5.74, 6) is 0. The van der Waals surface area contributed by atoms with Crippen LogP contribution in [-0.4, -0.2) is 12.6 Å². The first-order valence-electron chi connectivity index (χ1n) is 7.06. The van der Waals surface area contributed by atoms with E-state index in [0.29, 0.717) is 12.6 Å². The van der Waals surface area contributed by atoms with Gasteiger partial charge in [-0.25, -0.2) is 0 Å². The number of para-hydroxylation sites is 1. The average Bonchev–Trinajstić information content (AvgIpc) is 2.76. The Morgan fingerprint density at radius 2 is 2.00 bits per heavy atom. The largest absolute Gasteiger partial charge is 0.337 e. The summed E-state index contributed by atoms with van der Waals surface area (Å²) >= 11 is 6.49. The van der Waals surface area contributed by atoms with Gasteiger partial charge in [0.15, 0.2) is 0 Å². The van der Waals surface area contributed by atoms with Gasteiger partial charge in [0.25, 0.3) is 0 Å². The average molecular weight is 287 g/mol. The van der Waals surface area contributed by atoms with E-state index in [1.54, 1.807) is 0 Å². The third kappa shape index (κ3) is 2.30. The molecular weight excluding hydrogens is 268 g/mol. The van der Waals surface area contributed by atoms with Crippen LogP contribution in [0.3, 0.4) is 0 Å². The molecule has 2 N–H and O–H groups in total. The molecule has 2 aromatic rings. The molecule has 2 aromatic carbocycles. The van der Waals surface area contributed by atoms with Gasteiger partial charge in [-0.3, -0.25) is 0 Å². The van der Waals surface area contributed by atoms with Crippen molar-refractivity contribution in [2.75, 3.05) is 11.4 Å². The first-order chi connectivity index (χ1) is 9.70. The first kappa shape index (κ1) is 13.5. The van der Waals surface area contributed by atoms with Gasteiger partial charge >= 0.3 is 0 Å². The maximum absolute atomic E-state index is 6.49. The van der Waals surface area contributed by atoms with Crippen LogP contribution in [0.2, 0.25) is 5.02 Å². The second kappa shape index (κ2) is 5.47. The minimum absolute atomic E-state index is 0.435. The van der Waals surface area contributed by atoms with Crippen LogP contribution in [-0.2, 0) is 12.8 Å². The molecule has 0 saturated heterocycles. The zero-order chi connectivity index (χ0) is 14.1.